The summed E-state index contributed by atoms with van der Waals surface area (Å²) in [5, 5.41) is 11.0. The summed E-state index contributed by atoms with van der Waals surface area (Å²) >= 11 is 1.10. The third-order valence-electron chi connectivity index (χ3n) is 2.37. The van der Waals surface area contributed by atoms with Crippen LogP contribution in [0.4, 0.5) is 0 Å². The van der Waals surface area contributed by atoms with E-state index in [0.29, 0.717) is 5.52 Å². The summed E-state index contributed by atoms with van der Waals surface area (Å²) in [6, 6.07) is 7.17. The zero-order chi connectivity index (χ0) is 14.6. The van der Waals surface area contributed by atoms with Crippen LogP contribution in [0.5, 0.6) is 0 Å². The summed E-state index contributed by atoms with van der Waals surface area (Å²) in [4.78, 5) is 14.3. The molecule has 108 valence electrons. The molecule has 0 spiro atoms. The summed E-state index contributed by atoms with van der Waals surface area (Å²) in [6.45, 7) is 0.130. The van der Waals surface area contributed by atoms with Gasteiger partial charge in [-0.25, -0.2) is 18.1 Å². The number of hydrogen-bond donors (Lipinski definition) is 3. The molecule has 20 heavy (non-hydrogen) atoms. The Hall–Kier alpha value is -1.55. The van der Waals surface area contributed by atoms with E-state index >= 15 is 0 Å². The van der Waals surface area contributed by atoms with Gasteiger partial charge in [0.25, 0.3) is 10.0 Å². The first-order chi connectivity index (χ1) is 9.49. The van der Waals surface area contributed by atoms with Crippen LogP contribution in [0.3, 0.4) is 0 Å². The minimum absolute atomic E-state index is 0.0111. The lowest BCUT2D eigenvalue weighted by Gasteiger charge is -2.03. The normalized spacial score (nSPS) is 11.8. The average Bonchev–Trinajstić information content (AvgIpc) is 2.82. The number of hydrogen-bond acceptors (Lipinski definition) is 6. The fraction of sp³-hybridized carbons (Fsp3) is 0.273. The van der Waals surface area contributed by atoms with Gasteiger partial charge in [0.05, 0.1) is 16.8 Å². The summed E-state index contributed by atoms with van der Waals surface area (Å²) in [7, 11) is -3.65. The first kappa shape index (κ1) is 14.9. The molecule has 0 saturated heterocycles. The van der Waals surface area contributed by atoms with Crippen molar-refractivity contribution in [2.24, 2.45) is 0 Å². The average molecular weight is 315 g/mol. The summed E-state index contributed by atoms with van der Waals surface area (Å²) in [5.41, 5.74) is 0.641. The molecule has 7 nitrogen and oxygen atoms in total. The van der Waals surface area contributed by atoms with Crippen LogP contribution in [0.2, 0.25) is 0 Å². The molecule has 9 heteroatoms. The molecule has 0 aliphatic carbocycles. The Morgan fingerprint density at radius 3 is 2.75 bits per heavy atom. The number of sulfonamides is 1. The van der Waals surface area contributed by atoms with E-state index in [1.54, 1.807) is 18.2 Å². The second-order valence-corrected chi connectivity index (χ2v) is 6.89. The number of carboxylic acid groups (broad SMARTS) is 1. The highest BCUT2D eigenvalue weighted by molar-refractivity contribution is 7.91. The molecular formula is C11H13N3O4S2. The molecule has 0 aliphatic heterocycles. The van der Waals surface area contributed by atoms with E-state index in [4.69, 9.17) is 5.11 Å². The van der Waals surface area contributed by atoms with Gasteiger partial charge in [-0.05, 0) is 12.1 Å². The van der Waals surface area contributed by atoms with E-state index in [0.717, 1.165) is 16.0 Å². The second-order valence-electron chi connectivity index (χ2n) is 3.92. The molecule has 1 aromatic carbocycles. The van der Waals surface area contributed by atoms with Gasteiger partial charge in [-0.3, -0.25) is 4.79 Å². The zero-order valence-electron chi connectivity index (χ0n) is 10.4. The van der Waals surface area contributed by atoms with Gasteiger partial charge < -0.3 is 10.4 Å². The molecule has 3 N–H and O–H groups in total. The third kappa shape index (κ3) is 3.73. The number of carbonyl (C=O) groups is 1. The Morgan fingerprint density at radius 1 is 1.30 bits per heavy atom. The van der Waals surface area contributed by atoms with Gasteiger partial charge in [-0.2, -0.15) is 0 Å². The van der Waals surface area contributed by atoms with Gasteiger partial charge in [0.1, 0.15) is 0 Å². The number of benzene rings is 1. The van der Waals surface area contributed by atoms with Crippen LogP contribution < -0.4 is 10.0 Å². The summed E-state index contributed by atoms with van der Waals surface area (Å²) < 4.78 is 27.2. The monoisotopic (exact) mass is 315 g/mol. The molecule has 0 amide bonds. The van der Waals surface area contributed by atoms with Crippen LogP contribution in [-0.2, 0) is 14.8 Å². The van der Waals surface area contributed by atoms with E-state index in [1.165, 1.54) is 0 Å². The topological polar surface area (TPSA) is 108 Å². The largest absolute Gasteiger partial charge is 0.480 e. The Bertz CT molecular complexity index is 678. The highest BCUT2D eigenvalue weighted by Gasteiger charge is 2.18. The zero-order valence-corrected chi connectivity index (χ0v) is 12.0. The van der Waals surface area contributed by atoms with Crippen LogP contribution in [0.25, 0.3) is 10.2 Å². The number of aliphatic carboxylic acids is 1. The molecule has 1 heterocycles. The summed E-state index contributed by atoms with van der Waals surface area (Å²) in [5.74, 6) is -0.987. The highest BCUT2D eigenvalue weighted by atomic mass is 32.2. The number of nitrogens with zero attached hydrogens (tertiary/aromatic N) is 1. The van der Waals surface area contributed by atoms with Gasteiger partial charge in [0, 0.05) is 13.1 Å². The number of fused-ring (bicyclic) bond motifs is 1. The Kier molecular flexibility index (Phi) is 4.65. The third-order valence-corrected chi connectivity index (χ3v) is 5.25. The van der Waals surface area contributed by atoms with E-state index in [1.807, 2.05) is 6.07 Å². The Balaban J connectivity index is 1.97. The molecule has 0 atom stereocenters. The predicted molar refractivity (Wildman–Crippen MR) is 75.3 cm³/mol. The lowest BCUT2D eigenvalue weighted by atomic mass is 10.3. The molecule has 0 unspecified atom stereocenters. The van der Waals surface area contributed by atoms with Crippen LogP contribution in [0, 0.1) is 0 Å². The second kappa shape index (κ2) is 6.27. The lowest BCUT2D eigenvalue weighted by molar-refractivity contribution is -0.135. The number of para-hydroxylation sites is 1. The van der Waals surface area contributed by atoms with Crippen LogP contribution in [0.1, 0.15) is 0 Å². The first-order valence-corrected chi connectivity index (χ1v) is 8.07. The van der Waals surface area contributed by atoms with Crippen LogP contribution in [0.15, 0.2) is 28.6 Å². The van der Waals surface area contributed by atoms with Crippen molar-refractivity contribution >= 4 is 37.5 Å². The Morgan fingerprint density at radius 2 is 2.05 bits per heavy atom. The van der Waals surface area contributed by atoms with Crippen molar-refractivity contribution in [3.63, 3.8) is 0 Å². The van der Waals surface area contributed by atoms with Gasteiger partial charge in [-0.15, -0.1) is 11.3 Å². The quantitative estimate of drug-likeness (QED) is 0.632. The molecule has 0 fully saturated rings. The summed E-state index contributed by atoms with van der Waals surface area (Å²) in [6.07, 6.45) is 0. The minimum atomic E-state index is -3.65. The van der Waals surface area contributed by atoms with E-state index in [2.05, 4.69) is 15.0 Å². The van der Waals surface area contributed by atoms with E-state index in [-0.39, 0.29) is 24.0 Å². The fourth-order valence-corrected chi connectivity index (χ4v) is 3.79. The molecule has 2 aromatic rings. The smallest absolute Gasteiger partial charge is 0.317 e. The minimum Gasteiger partial charge on any atom is -0.480 e. The van der Waals surface area contributed by atoms with Crippen molar-refractivity contribution < 1.29 is 18.3 Å². The van der Waals surface area contributed by atoms with Crippen LogP contribution >= 0.6 is 11.3 Å². The van der Waals surface area contributed by atoms with Crippen molar-refractivity contribution in [3.05, 3.63) is 24.3 Å². The number of aromatic nitrogens is 1. The van der Waals surface area contributed by atoms with Crippen molar-refractivity contribution in [1.29, 1.82) is 0 Å². The van der Waals surface area contributed by atoms with Crippen molar-refractivity contribution in [2.45, 2.75) is 4.34 Å². The van der Waals surface area contributed by atoms with Crippen molar-refractivity contribution in [1.82, 2.24) is 15.0 Å². The van der Waals surface area contributed by atoms with E-state index < -0.39 is 16.0 Å². The molecule has 2 rings (SSSR count). The standard InChI is InChI=1S/C11H13N3O4S2/c15-10(16)7-12-5-6-13-20(17,18)11-14-8-3-1-2-4-9(8)19-11/h1-4,12-13H,5-7H2,(H,15,16). The van der Waals surface area contributed by atoms with Crippen LogP contribution in [-0.4, -0.2) is 44.1 Å². The number of nitrogens with one attached hydrogen (secondary N) is 2. The molecule has 1 aromatic heterocycles. The Labute approximate surface area is 119 Å². The van der Waals surface area contributed by atoms with Gasteiger partial charge in [0.2, 0.25) is 4.34 Å². The predicted octanol–water partition coefficient (Wildman–Crippen LogP) is 0.249. The van der Waals surface area contributed by atoms with Gasteiger partial charge >= 0.3 is 5.97 Å². The van der Waals surface area contributed by atoms with Crippen molar-refractivity contribution in [3.8, 4) is 0 Å². The number of carboxylic acids is 1. The SMILES string of the molecule is O=C(O)CNCCNS(=O)(=O)c1nc2ccccc2s1. The van der Waals surface area contributed by atoms with Crippen molar-refractivity contribution in [2.75, 3.05) is 19.6 Å². The molecule has 0 saturated carbocycles. The van der Waals surface area contributed by atoms with Gasteiger partial charge in [0.15, 0.2) is 0 Å². The number of thiazole rings is 1. The molecule has 0 bridgehead atoms. The fourth-order valence-electron chi connectivity index (χ4n) is 1.50. The van der Waals surface area contributed by atoms with E-state index in [9.17, 15) is 13.2 Å². The highest BCUT2D eigenvalue weighted by Crippen LogP contribution is 2.24. The number of rotatable bonds is 7. The molecular weight excluding hydrogens is 302 g/mol. The maximum atomic E-state index is 12.0. The maximum absolute atomic E-state index is 12.0. The lowest BCUT2D eigenvalue weighted by Crippen LogP contribution is -2.33. The molecule has 0 radical (unpaired) electrons. The first-order valence-electron chi connectivity index (χ1n) is 5.77. The van der Waals surface area contributed by atoms with Gasteiger partial charge in [-0.1, -0.05) is 12.1 Å². The molecule has 0 aliphatic rings. The maximum Gasteiger partial charge on any atom is 0.317 e.